The van der Waals surface area contributed by atoms with Crippen LogP contribution in [0.1, 0.15) is 23.7 Å². The van der Waals surface area contributed by atoms with Gasteiger partial charge in [0.25, 0.3) is 5.91 Å². The van der Waals surface area contributed by atoms with Gasteiger partial charge >= 0.3 is 6.03 Å². The smallest absolute Gasteiger partial charge is 0.324 e. The van der Waals surface area contributed by atoms with Crippen molar-refractivity contribution in [3.8, 4) is 0 Å². The molecule has 1 N–H and O–H groups in total. The van der Waals surface area contributed by atoms with E-state index in [0.717, 1.165) is 10.5 Å². The Kier molecular flexibility index (Phi) is 3.76. The van der Waals surface area contributed by atoms with Crippen LogP contribution in [0.2, 0.25) is 0 Å². The van der Waals surface area contributed by atoms with Crippen LogP contribution in [-0.4, -0.2) is 57.6 Å². The van der Waals surface area contributed by atoms with Gasteiger partial charge in [-0.25, -0.2) is 4.79 Å². The number of likely N-dealkylation sites (tertiary alicyclic amines) is 1. The Morgan fingerprint density at radius 3 is 2.80 bits per heavy atom. The Hall–Kier alpha value is -2.74. The number of aromatic nitrogens is 2. The number of benzene rings is 1. The van der Waals surface area contributed by atoms with E-state index in [0.29, 0.717) is 44.2 Å². The van der Waals surface area contributed by atoms with Crippen molar-refractivity contribution in [2.45, 2.75) is 24.9 Å². The van der Waals surface area contributed by atoms with E-state index >= 15 is 0 Å². The zero-order chi connectivity index (χ0) is 17.4. The summed E-state index contributed by atoms with van der Waals surface area (Å²) in [6.07, 6.45) is 1.21. The number of likely N-dealkylation sites (N-methyl/N-ethyl adjacent to an activating group) is 1. The van der Waals surface area contributed by atoms with E-state index in [-0.39, 0.29) is 11.9 Å². The molecule has 8 heteroatoms. The van der Waals surface area contributed by atoms with Gasteiger partial charge in [-0.2, -0.15) is 4.98 Å². The Morgan fingerprint density at radius 2 is 2.08 bits per heavy atom. The van der Waals surface area contributed by atoms with E-state index in [1.165, 1.54) is 7.05 Å². The molecule has 0 bridgehead atoms. The summed E-state index contributed by atoms with van der Waals surface area (Å²) in [7, 11) is 1.50. The van der Waals surface area contributed by atoms with Crippen molar-refractivity contribution < 1.29 is 14.1 Å². The molecule has 4 rings (SSSR count). The van der Waals surface area contributed by atoms with Gasteiger partial charge in [0.2, 0.25) is 5.89 Å². The molecule has 1 unspecified atom stereocenters. The van der Waals surface area contributed by atoms with E-state index in [1.807, 2.05) is 30.3 Å². The third-order valence-electron chi connectivity index (χ3n) is 4.79. The summed E-state index contributed by atoms with van der Waals surface area (Å²) in [4.78, 5) is 31.7. The molecule has 1 atom stereocenters. The number of hydrogen-bond donors (Lipinski definition) is 1. The number of hydrogen-bond acceptors (Lipinski definition) is 6. The molecule has 2 fully saturated rings. The highest BCUT2D eigenvalue weighted by Crippen LogP contribution is 2.28. The number of nitrogens with zero attached hydrogens (tertiary/aromatic N) is 4. The maximum absolute atomic E-state index is 12.3. The zero-order valence-electron chi connectivity index (χ0n) is 13.9. The van der Waals surface area contributed by atoms with Crippen LogP contribution >= 0.6 is 0 Å². The van der Waals surface area contributed by atoms with Gasteiger partial charge in [0, 0.05) is 26.6 Å². The fourth-order valence-corrected chi connectivity index (χ4v) is 3.45. The number of imide groups is 1. The molecular weight excluding hydrogens is 322 g/mol. The standard InChI is InChI=1S/C17H19N5O3/c1-21-15(23)17(19-16(21)24)7-8-22(11-17)10-14-18-13(20-25-14)9-12-5-3-2-4-6-12/h2-6H,7-11H2,1H3,(H,19,24). The summed E-state index contributed by atoms with van der Waals surface area (Å²) < 4.78 is 5.33. The quantitative estimate of drug-likeness (QED) is 0.827. The van der Waals surface area contributed by atoms with E-state index in [2.05, 4.69) is 20.4 Å². The molecule has 1 spiro atoms. The van der Waals surface area contributed by atoms with Crippen molar-refractivity contribution in [3.05, 3.63) is 47.6 Å². The Balaban J connectivity index is 1.39. The summed E-state index contributed by atoms with van der Waals surface area (Å²) in [5.74, 6) is 0.989. The van der Waals surface area contributed by atoms with E-state index in [1.54, 1.807) is 0 Å². The highest BCUT2D eigenvalue weighted by atomic mass is 16.5. The predicted octanol–water partition coefficient (Wildman–Crippen LogP) is 0.786. The maximum Gasteiger partial charge on any atom is 0.324 e. The fraction of sp³-hybridized carbons (Fsp3) is 0.412. The van der Waals surface area contributed by atoms with Crippen molar-refractivity contribution in [2.75, 3.05) is 20.1 Å². The molecule has 0 saturated carbocycles. The number of carbonyl (C=O) groups is 2. The van der Waals surface area contributed by atoms with Crippen LogP contribution < -0.4 is 5.32 Å². The predicted molar refractivity (Wildman–Crippen MR) is 87.5 cm³/mol. The molecule has 8 nitrogen and oxygen atoms in total. The van der Waals surface area contributed by atoms with Crippen LogP contribution in [0, 0.1) is 0 Å². The number of carbonyl (C=O) groups excluding carboxylic acids is 2. The molecule has 2 aliphatic rings. The third-order valence-corrected chi connectivity index (χ3v) is 4.79. The first kappa shape index (κ1) is 15.8. The number of amides is 3. The molecule has 25 heavy (non-hydrogen) atoms. The molecule has 2 aliphatic heterocycles. The Morgan fingerprint density at radius 1 is 1.28 bits per heavy atom. The van der Waals surface area contributed by atoms with Gasteiger partial charge in [-0.1, -0.05) is 35.5 Å². The van der Waals surface area contributed by atoms with Gasteiger partial charge < -0.3 is 9.84 Å². The van der Waals surface area contributed by atoms with Gasteiger partial charge in [0.15, 0.2) is 5.82 Å². The van der Waals surface area contributed by atoms with Crippen LogP contribution in [0.3, 0.4) is 0 Å². The van der Waals surface area contributed by atoms with Gasteiger partial charge in [-0.15, -0.1) is 0 Å². The summed E-state index contributed by atoms with van der Waals surface area (Å²) in [5.41, 5.74) is 0.316. The van der Waals surface area contributed by atoms with Crippen molar-refractivity contribution in [1.82, 2.24) is 25.3 Å². The highest BCUT2D eigenvalue weighted by Gasteiger charge is 2.53. The summed E-state index contributed by atoms with van der Waals surface area (Å²) >= 11 is 0. The van der Waals surface area contributed by atoms with Crippen molar-refractivity contribution in [3.63, 3.8) is 0 Å². The number of nitrogens with one attached hydrogen (secondary N) is 1. The molecule has 3 amide bonds. The molecule has 1 aromatic carbocycles. The van der Waals surface area contributed by atoms with Crippen molar-refractivity contribution in [1.29, 1.82) is 0 Å². The van der Waals surface area contributed by atoms with Crippen molar-refractivity contribution in [2.24, 2.45) is 0 Å². The van der Waals surface area contributed by atoms with Crippen LogP contribution in [0.4, 0.5) is 4.79 Å². The van der Waals surface area contributed by atoms with Crippen LogP contribution in [-0.2, 0) is 17.8 Å². The minimum Gasteiger partial charge on any atom is -0.338 e. The molecule has 2 aromatic rings. The van der Waals surface area contributed by atoms with E-state index in [9.17, 15) is 9.59 Å². The van der Waals surface area contributed by atoms with E-state index < -0.39 is 5.54 Å². The second kappa shape index (κ2) is 5.96. The lowest BCUT2D eigenvalue weighted by molar-refractivity contribution is -0.130. The number of rotatable bonds is 4. The van der Waals surface area contributed by atoms with Crippen molar-refractivity contribution >= 4 is 11.9 Å². The summed E-state index contributed by atoms with van der Waals surface area (Å²) in [6.45, 7) is 1.62. The minimum atomic E-state index is -0.807. The minimum absolute atomic E-state index is 0.171. The molecular formula is C17H19N5O3. The van der Waals surface area contributed by atoms with Crippen LogP contribution in [0.15, 0.2) is 34.9 Å². The molecule has 1 aromatic heterocycles. The average molecular weight is 341 g/mol. The summed E-state index contributed by atoms with van der Waals surface area (Å²) in [5, 5.41) is 6.84. The lowest BCUT2D eigenvalue weighted by Crippen LogP contribution is -2.49. The normalized spacial score (nSPS) is 23.6. The molecule has 130 valence electrons. The van der Waals surface area contributed by atoms with Gasteiger partial charge in [0.05, 0.1) is 6.54 Å². The second-order valence-corrected chi connectivity index (χ2v) is 6.60. The molecule has 0 radical (unpaired) electrons. The zero-order valence-corrected chi connectivity index (χ0v) is 13.9. The topological polar surface area (TPSA) is 91.6 Å². The second-order valence-electron chi connectivity index (χ2n) is 6.60. The largest absolute Gasteiger partial charge is 0.338 e. The Bertz CT molecular complexity index is 806. The molecule has 2 saturated heterocycles. The lowest BCUT2D eigenvalue weighted by Gasteiger charge is -2.20. The first-order chi connectivity index (χ1) is 12.1. The van der Waals surface area contributed by atoms with Gasteiger partial charge in [-0.05, 0) is 12.0 Å². The van der Waals surface area contributed by atoms with Gasteiger partial charge in [-0.3, -0.25) is 14.6 Å². The first-order valence-corrected chi connectivity index (χ1v) is 8.24. The summed E-state index contributed by atoms with van der Waals surface area (Å²) in [6, 6.07) is 9.62. The van der Waals surface area contributed by atoms with E-state index in [4.69, 9.17) is 4.52 Å². The number of urea groups is 1. The van der Waals surface area contributed by atoms with Crippen LogP contribution in [0.25, 0.3) is 0 Å². The molecule has 0 aliphatic carbocycles. The fourth-order valence-electron chi connectivity index (χ4n) is 3.45. The third kappa shape index (κ3) is 2.89. The average Bonchev–Trinajstić information content (AvgIpc) is 3.27. The lowest BCUT2D eigenvalue weighted by atomic mass is 9.99. The monoisotopic (exact) mass is 341 g/mol. The highest BCUT2D eigenvalue weighted by molar-refractivity contribution is 6.07. The maximum atomic E-state index is 12.3. The molecule has 3 heterocycles. The first-order valence-electron chi connectivity index (χ1n) is 8.24. The van der Waals surface area contributed by atoms with Crippen LogP contribution in [0.5, 0.6) is 0 Å². The Labute approximate surface area is 144 Å². The SMILES string of the molecule is CN1C(=O)NC2(CCN(Cc3nc(Cc4ccccc4)no3)C2)C1=O. The van der Waals surface area contributed by atoms with Gasteiger partial charge in [0.1, 0.15) is 5.54 Å².